The van der Waals surface area contributed by atoms with Crippen LogP contribution in [0.4, 0.5) is 8.78 Å². The van der Waals surface area contributed by atoms with Gasteiger partial charge in [0.25, 0.3) is 17.7 Å². The Morgan fingerprint density at radius 3 is 2.15 bits per heavy atom. The Balaban J connectivity index is 1.20. The van der Waals surface area contributed by atoms with Gasteiger partial charge >= 0.3 is 6.11 Å². The molecule has 176 valence electrons. The van der Waals surface area contributed by atoms with Crippen LogP contribution in [0.2, 0.25) is 0 Å². The van der Waals surface area contributed by atoms with Crippen molar-refractivity contribution in [3.8, 4) is 0 Å². The summed E-state index contributed by atoms with van der Waals surface area (Å²) in [7, 11) is 0. The average molecular weight is 465 g/mol. The Hall–Kier alpha value is -3.22. The van der Waals surface area contributed by atoms with E-state index in [1.54, 1.807) is 24.3 Å². The zero-order valence-electron chi connectivity index (χ0n) is 17.3. The standard InChI is InChI=1S/C21H21F2N3O7/c1-2-21(22,23)33-13-7-11(8-13)16(27)24-25-17(28)20-31-9-12(10-32-20)26-18(29)14-5-3-4-6-15(14)19(26)30/h2-6,11-13,20H,1,7-10H2,(H,24,27)(H,25,28)/t11-,12-,13+,20-. The summed E-state index contributed by atoms with van der Waals surface area (Å²) in [4.78, 5) is 50.3. The minimum atomic E-state index is -3.46. The van der Waals surface area contributed by atoms with Crippen molar-refractivity contribution in [2.45, 2.75) is 37.4 Å². The van der Waals surface area contributed by atoms with E-state index in [-0.39, 0.29) is 26.1 Å². The zero-order valence-corrected chi connectivity index (χ0v) is 17.3. The number of hydrogen-bond acceptors (Lipinski definition) is 7. The zero-order chi connectivity index (χ0) is 23.8. The van der Waals surface area contributed by atoms with Crippen molar-refractivity contribution in [3.63, 3.8) is 0 Å². The van der Waals surface area contributed by atoms with Gasteiger partial charge in [-0.25, -0.2) is 0 Å². The van der Waals surface area contributed by atoms with E-state index in [1.807, 2.05) is 0 Å². The first-order valence-electron chi connectivity index (χ1n) is 10.2. The molecule has 0 radical (unpaired) electrons. The number of imide groups is 1. The summed E-state index contributed by atoms with van der Waals surface area (Å²) in [6.45, 7) is 2.72. The van der Waals surface area contributed by atoms with E-state index in [0.717, 1.165) is 4.90 Å². The predicted molar refractivity (Wildman–Crippen MR) is 105 cm³/mol. The van der Waals surface area contributed by atoms with E-state index in [9.17, 15) is 28.0 Å². The van der Waals surface area contributed by atoms with Crippen LogP contribution in [0.3, 0.4) is 0 Å². The Kier molecular flexibility index (Phi) is 6.23. The lowest BCUT2D eigenvalue weighted by atomic mass is 9.82. The molecule has 4 amide bonds. The van der Waals surface area contributed by atoms with E-state index in [2.05, 4.69) is 22.2 Å². The Bertz CT molecular complexity index is 953. The second-order valence-corrected chi connectivity index (χ2v) is 7.83. The molecule has 10 nitrogen and oxygen atoms in total. The molecular formula is C21H21F2N3O7. The molecule has 33 heavy (non-hydrogen) atoms. The van der Waals surface area contributed by atoms with Gasteiger partial charge in [-0.05, 0) is 25.0 Å². The Labute approximate surface area is 186 Å². The van der Waals surface area contributed by atoms with Gasteiger partial charge in [0, 0.05) is 12.0 Å². The number of ether oxygens (including phenoxy) is 3. The SMILES string of the molecule is C=CC(F)(F)O[C@H]1C[C@@H](C(=O)NNC(=O)[C@H]2OC[C@H](N3C(=O)c4ccccc4C3=O)CO2)C1. The van der Waals surface area contributed by atoms with Crippen molar-refractivity contribution in [2.75, 3.05) is 13.2 Å². The van der Waals surface area contributed by atoms with Gasteiger partial charge in [0.05, 0.1) is 36.5 Å². The number of benzene rings is 1. The molecule has 0 spiro atoms. The molecule has 4 rings (SSSR count). The minimum Gasteiger partial charge on any atom is -0.342 e. The molecule has 1 saturated heterocycles. The van der Waals surface area contributed by atoms with Crippen LogP contribution >= 0.6 is 0 Å². The minimum absolute atomic E-state index is 0.0729. The van der Waals surface area contributed by atoms with Crippen LogP contribution < -0.4 is 10.9 Å². The highest BCUT2D eigenvalue weighted by molar-refractivity contribution is 6.21. The molecule has 0 bridgehead atoms. The fourth-order valence-corrected chi connectivity index (χ4v) is 3.76. The molecule has 2 heterocycles. The number of carbonyl (C=O) groups is 4. The second kappa shape index (κ2) is 8.96. The monoisotopic (exact) mass is 465 g/mol. The second-order valence-electron chi connectivity index (χ2n) is 7.83. The summed E-state index contributed by atoms with van der Waals surface area (Å²) in [5.41, 5.74) is 4.93. The van der Waals surface area contributed by atoms with Crippen molar-refractivity contribution in [1.82, 2.24) is 15.8 Å². The highest BCUT2D eigenvalue weighted by Gasteiger charge is 2.43. The normalized spacial score (nSPS) is 26.9. The van der Waals surface area contributed by atoms with Gasteiger partial charge in [-0.1, -0.05) is 18.7 Å². The van der Waals surface area contributed by atoms with Crippen molar-refractivity contribution in [1.29, 1.82) is 0 Å². The first kappa shape index (κ1) is 23.0. The molecule has 2 aliphatic heterocycles. The molecule has 3 aliphatic rings. The largest absolute Gasteiger partial charge is 0.376 e. The summed E-state index contributed by atoms with van der Waals surface area (Å²) in [6, 6.07) is 5.71. The van der Waals surface area contributed by atoms with Gasteiger partial charge in [-0.3, -0.25) is 34.9 Å². The number of hydrogen-bond donors (Lipinski definition) is 2. The molecule has 1 aromatic carbocycles. The smallest absolute Gasteiger partial charge is 0.342 e. The van der Waals surface area contributed by atoms with Gasteiger partial charge in [-0.2, -0.15) is 8.78 Å². The number of halogens is 2. The molecule has 2 N–H and O–H groups in total. The molecule has 1 aliphatic carbocycles. The maximum Gasteiger partial charge on any atom is 0.376 e. The summed E-state index contributed by atoms with van der Waals surface area (Å²) < 4.78 is 41.3. The van der Waals surface area contributed by atoms with Crippen LogP contribution in [0.25, 0.3) is 0 Å². The number of alkyl halides is 2. The number of rotatable bonds is 6. The van der Waals surface area contributed by atoms with E-state index in [0.29, 0.717) is 17.2 Å². The van der Waals surface area contributed by atoms with Crippen LogP contribution in [-0.4, -0.2) is 66.3 Å². The number of amides is 4. The maximum atomic E-state index is 13.1. The van der Waals surface area contributed by atoms with Gasteiger partial charge in [0.1, 0.15) is 0 Å². The van der Waals surface area contributed by atoms with Crippen LogP contribution in [0.5, 0.6) is 0 Å². The third kappa shape index (κ3) is 4.63. The van der Waals surface area contributed by atoms with Crippen molar-refractivity contribution < 1.29 is 42.2 Å². The van der Waals surface area contributed by atoms with E-state index >= 15 is 0 Å². The molecule has 0 atom stereocenters. The van der Waals surface area contributed by atoms with Gasteiger partial charge in [0.15, 0.2) is 0 Å². The molecule has 2 fully saturated rings. The van der Waals surface area contributed by atoms with E-state index in [4.69, 9.17) is 9.47 Å². The third-order valence-electron chi connectivity index (χ3n) is 5.62. The number of fused-ring (bicyclic) bond motifs is 1. The van der Waals surface area contributed by atoms with E-state index < -0.39 is 54.1 Å². The molecular weight excluding hydrogens is 444 g/mol. The topological polar surface area (TPSA) is 123 Å². The Morgan fingerprint density at radius 1 is 1.06 bits per heavy atom. The quantitative estimate of drug-likeness (QED) is 0.361. The average Bonchev–Trinajstić information content (AvgIpc) is 3.04. The van der Waals surface area contributed by atoms with Crippen LogP contribution in [-0.2, 0) is 23.8 Å². The lowest BCUT2D eigenvalue weighted by Crippen LogP contribution is -2.56. The van der Waals surface area contributed by atoms with Crippen LogP contribution in [0.15, 0.2) is 36.9 Å². The number of carbonyl (C=O) groups excluding carboxylic acids is 4. The lowest BCUT2D eigenvalue weighted by molar-refractivity contribution is -0.247. The first-order valence-corrected chi connectivity index (χ1v) is 10.2. The highest BCUT2D eigenvalue weighted by Crippen LogP contribution is 2.34. The summed E-state index contributed by atoms with van der Waals surface area (Å²) >= 11 is 0. The number of nitrogens with zero attached hydrogens (tertiary/aromatic N) is 1. The van der Waals surface area contributed by atoms with Crippen molar-refractivity contribution in [2.24, 2.45) is 5.92 Å². The molecule has 1 aromatic rings. The summed E-state index contributed by atoms with van der Waals surface area (Å²) in [6.07, 6.45) is -5.08. The van der Waals surface area contributed by atoms with Gasteiger partial charge < -0.3 is 14.2 Å². The van der Waals surface area contributed by atoms with Crippen LogP contribution in [0.1, 0.15) is 33.6 Å². The van der Waals surface area contributed by atoms with E-state index in [1.165, 1.54) is 0 Å². The maximum absolute atomic E-state index is 13.1. The predicted octanol–water partition coefficient (Wildman–Crippen LogP) is 0.746. The van der Waals surface area contributed by atoms with Crippen molar-refractivity contribution in [3.05, 3.63) is 48.0 Å². The fourth-order valence-electron chi connectivity index (χ4n) is 3.76. The van der Waals surface area contributed by atoms with Gasteiger partial charge in [0.2, 0.25) is 12.2 Å². The van der Waals surface area contributed by atoms with Gasteiger partial charge in [-0.15, -0.1) is 0 Å². The highest BCUT2D eigenvalue weighted by atomic mass is 19.3. The van der Waals surface area contributed by atoms with Crippen LogP contribution in [0, 0.1) is 5.92 Å². The third-order valence-corrected chi connectivity index (χ3v) is 5.62. The number of hydrazine groups is 1. The first-order chi connectivity index (χ1) is 15.7. The molecule has 0 unspecified atom stereocenters. The van der Waals surface area contributed by atoms with Crippen molar-refractivity contribution >= 4 is 23.6 Å². The molecule has 1 saturated carbocycles. The fraction of sp³-hybridized carbons (Fsp3) is 0.429. The number of nitrogens with one attached hydrogen (secondary N) is 2. The lowest BCUT2D eigenvalue weighted by Gasteiger charge is -2.35. The summed E-state index contributed by atoms with van der Waals surface area (Å²) in [5, 5.41) is 0. The summed E-state index contributed by atoms with van der Waals surface area (Å²) in [5.74, 6) is -2.88. The molecule has 0 aromatic heterocycles. The Morgan fingerprint density at radius 2 is 1.61 bits per heavy atom. The molecule has 12 heteroatoms.